The first-order valence-corrected chi connectivity index (χ1v) is 8.34. The van der Waals surface area contributed by atoms with Gasteiger partial charge in [0.2, 0.25) is 0 Å². The van der Waals surface area contributed by atoms with E-state index in [2.05, 4.69) is 23.5 Å². The average molecular weight is 306 g/mol. The largest absolute Gasteiger partial charge is 0.444 e. The van der Waals surface area contributed by atoms with E-state index in [1.54, 1.807) is 0 Å². The number of anilines is 1. The Morgan fingerprint density at radius 2 is 2.14 bits per heavy atom. The van der Waals surface area contributed by atoms with Crippen molar-refractivity contribution in [2.75, 3.05) is 11.9 Å². The molecule has 4 nitrogen and oxygen atoms in total. The fraction of sp³-hybridized carbons (Fsp3) is 0.562. The SMILES string of the molecule is CC(C)(C)OC(=O)N1CCCC1C1Nc2ccccc2S1. The predicted molar refractivity (Wildman–Crippen MR) is 85.7 cm³/mol. The number of nitrogens with zero attached hydrogens (tertiary/aromatic N) is 1. The summed E-state index contributed by atoms with van der Waals surface area (Å²) in [4.78, 5) is 15.5. The van der Waals surface area contributed by atoms with Crippen LogP contribution >= 0.6 is 11.8 Å². The van der Waals surface area contributed by atoms with Crippen molar-refractivity contribution in [3.05, 3.63) is 24.3 Å². The summed E-state index contributed by atoms with van der Waals surface area (Å²) in [5.74, 6) is 0. The molecule has 1 aromatic rings. The molecule has 114 valence electrons. The van der Waals surface area contributed by atoms with Crippen LogP contribution in [0, 0.1) is 0 Å². The first-order chi connectivity index (χ1) is 9.94. The van der Waals surface area contributed by atoms with Crippen LogP contribution in [0.1, 0.15) is 33.6 Å². The van der Waals surface area contributed by atoms with E-state index in [0.29, 0.717) is 0 Å². The number of benzene rings is 1. The van der Waals surface area contributed by atoms with Crippen LogP contribution in [0.15, 0.2) is 29.2 Å². The number of thioether (sulfide) groups is 1. The lowest BCUT2D eigenvalue weighted by atomic mass is 10.2. The van der Waals surface area contributed by atoms with Gasteiger partial charge in [0.25, 0.3) is 0 Å². The maximum atomic E-state index is 12.4. The third kappa shape index (κ3) is 3.12. The van der Waals surface area contributed by atoms with Crippen molar-refractivity contribution in [2.45, 2.75) is 55.5 Å². The number of carbonyl (C=O) groups is 1. The minimum absolute atomic E-state index is 0.191. The highest BCUT2D eigenvalue weighted by Crippen LogP contribution is 2.42. The smallest absolute Gasteiger partial charge is 0.410 e. The summed E-state index contributed by atoms with van der Waals surface area (Å²) in [5, 5.41) is 3.76. The third-order valence-corrected chi connectivity index (χ3v) is 5.01. The number of likely N-dealkylation sites (tertiary alicyclic amines) is 1. The van der Waals surface area contributed by atoms with E-state index in [9.17, 15) is 4.79 Å². The van der Waals surface area contributed by atoms with Crippen molar-refractivity contribution in [1.82, 2.24) is 4.90 Å². The van der Waals surface area contributed by atoms with Crippen LogP contribution in [0.3, 0.4) is 0 Å². The molecule has 1 aromatic carbocycles. The van der Waals surface area contributed by atoms with Crippen molar-refractivity contribution in [1.29, 1.82) is 0 Å². The predicted octanol–water partition coefficient (Wildman–Crippen LogP) is 3.93. The lowest BCUT2D eigenvalue weighted by molar-refractivity contribution is 0.0229. The highest BCUT2D eigenvalue weighted by Gasteiger charge is 2.39. The Morgan fingerprint density at radius 1 is 1.38 bits per heavy atom. The first-order valence-electron chi connectivity index (χ1n) is 7.46. The first kappa shape index (κ1) is 14.6. The van der Waals surface area contributed by atoms with Gasteiger partial charge in [-0.3, -0.25) is 0 Å². The van der Waals surface area contributed by atoms with Gasteiger partial charge in [0.05, 0.1) is 11.4 Å². The Hall–Kier alpha value is -1.36. The molecule has 0 aliphatic carbocycles. The number of amides is 1. The molecular weight excluding hydrogens is 284 g/mol. The molecule has 2 unspecified atom stereocenters. The second kappa shape index (κ2) is 5.44. The van der Waals surface area contributed by atoms with Gasteiger partial charge in [-0.15, -0.1) is 0 Å². The van der Waals surface area contributed by atoms with E-state index in [0.717, 1.165) is 19.4 Å². The third-order valence-electron chi connectivity index (χ3n) is 3.72. The Balaban J connectivity index is 1.70. The molecule has 0 spiro atoms. The summed E-state index contributed by atoms with van der Waals surface area (Å²) in [6, 6.07) is 8.50. The molecule has 0 radical (unpaired) electrons. The van der Waals surface area contributed by atoms with Gasteiger partial charge in [-0.25, -0.2) is 4.79 Å². The molecule has 2 aliphatic rings. The maximum absolute atomic E-state index is 12.4. The summed E-state index contributed by atoms with van der Waals surface area (Å²) in [6.45, 7) is 6.52. The standard InChI is InChI=1S/C16H22N2O2S/c1-16(2,3)20-15(19)18-10-6-8-12(18)14-17-11-7-4-5-9-13(11)21-14/h4-5,7,9,12,14,17H,6,8,10H2,1-3H3. The van der Waals surface area contributed by atoms with Crippen LogP contribution in [-0.2, 0) is 4.74 Å². The van der Waals surface area contributed by atoms with Crippen molar-refractivity contribution in [2.24, 2.45) is 0 Å². The highest BCUT2D eigenvalue weighted by molar-refractivity contribution is 8.00. The number of hydrogen-bond donors (Lipinski definition) is 1. The van der Waals surface area contributed by atoms with Gasteiger partial charge < -0.3 is 15.0 Å². The van der Waals surface area contributed by atoms with E-state index in [4.69, 9.17) is 4.74 Å². The number of nitrogens with one attached hydrogen (secondary N) is 1. The Labute approximate surface area is 130 Å². The molecule has 1 N–H and O–H groups in total. The molecule has 1 fully saturated rings. The Bertz CT molecular complexity index is 516. The van der Waals surface area contributed by atoms with E-state index in [1.165, 1.54) is 10.6 Å². The molecular formula is C16H22N2O2S. The minimum Gasteiger partial charge on any atom is -0.444 e. The van der Waals surface area contributed by atoms with Crippen LogP contribution < -0.4 is 5.32 Å². The monoisotopic (exact) mass is 306 g/mol. The normalized spacial score (nSPS) is 24.6. The van der Waals surface area contributed by atoms with Crippen LogP contribution in [-0.4, -0.2) is 34.6 Å². The van der Waals surface area contributed by atoms with Crippen LogP contribution in [0.25, 0.3) is 0 Å². The number of rotatable bonds is 1. The zero-order valence-corrected chi connectivity index (χ0v) is 13.6. The molecule has 2 heterocycles. The number of hydrogen-bond acceptors (Lipinski definition) is 4. The van der Waals surface area contributed by atoms with Crippen molar-refractivity contribution < 1.29 is 9.53 Å². The summed E-state index contributed by atoms with van der Waals surface area (Å²) >= 11 is 1.81. The Morgan fingerprint density at radius 3 is 2.86 bits per heavy atom. The molecule has 0 aromatic heterocycles. The van der Waals surface area contributed by atoms with Gasteiger partial charge in [0.1, 0.15) is 5.60 Å². The van der Waals surface area contributed by atoms with E-state index in [1.807, 2.05) is 43.5 Å². The minimum atomic E-state index is -0.441. The van der Waals surface area contributed by atoms with Crippen molar-refractivity contribution >= 4 is 23.5 Å². The van der Waals surface area contributed by atoms with Gasteiger partial charge in [-0.1, -0.05) is 23.9 Å². The number of ether oxygens (including phenoxy) is 1. The fourth-order valence-corrected chi connectivity index (χ4v) is 4.15. The summed E-state index contributed by atoms with van der Waals surface area (Å²) in [5.41, 5.74) is 0.729. The molecule has 1 amide bonds. The molecule has 3 rings (SSSR count). The second-order valence-corrected chi connectivity index (χ2v) is 7.75. The molecule has 0 bridgehead atoms. The quantitative estimate of drug-likeness (QED) is 0.853. The summed E-state index contributed by atoms with van der Waals surface area (Å²) in [6.07, 6.45) is 1.88. The zero-order valence-electron chi connectivity index (χ0n) is 12.8. The lowest BCUT2D eigenvalue weighted by Gasteiger charge is -2.31. The van der Waals surface area contributed by atoms with Gasteiger partial charge in [0.15, 0.2) is 0 Å². The van der Waals surface area contributed by atoms with E-state index in [-0.39, 0.29) is 17.5 Å². The zero-order chi connectivity index (χ0) is 15.0. The van der Waals surface area contributed by atoms with Gasteiger partial charge in [-0.2, -0.15) is 0 Å². The molecule has 5 heteroatoms. The molecule has 21 heavy (non-hydrogen) atoms. The van der Waals surface area contributed by atoms with Crippen LogP contribution in [0.4, 0.5) is 10.5 Å². The average Bonchev–Trinajstić information content (AvgIpc) is 3.02. The topological polar surface area (TPSA) is 41.6 Å². The molecule has 1 saturated heterocycles. The van der Waals surface area contributed by atoms with E-state index < -0.39 is 5.60 Å². The van der Waals surface area contributed by atoms with Crippen LogP contribution in [0.2, 0.25) is 0 Å². The molecule has 0 saturated carbocycles. The molecule has 2 atom stereocenters. The van der Waals surface area contributed by atoms with Crippen LogP contribution in [0.5, 0.6) is 0 Å². The Kier molecular flexibility index (Phi) is 3.78. The summed E-state index contributed by atoms with van der Waals surface area (Å²) < 4.78 is 5.54. The van der Waals surface area contributed by atoms with Gasteiger partial charge >= 0.3 is 6.09 Å². The fourth-order valence-electron chi connectivity index (χ4n) is 2.84. The van der Waals surface area contributed by atoms with Gasteiger partial charge in [-0.05, 0) is 45.7 Å². The summed E-state index contributed by atoms with van der Waals surface area (Å²) in [7, 11) is 0. The van der Waals surface area contributed by atoms with Crippen molar-refractivity contribution in [3.63, 3.8) is 0 Å². The van der Waals surface area contributed by atoms with E-state index >= 15 is 0 Å². The van der Waals surface area contributed by atoms with Crippen molar-refractivity contribution in [3.8, 4) is 0 Å². The van der Waals surface area contributed by atoms with Gasteiger partial charge in [0, 0.05) is 17.1 Å². The molecule has 2 aliphatic heterocycles. The number of fused-ring (bicyclic) bond motifs is 1. The number of carbonyl (C=O) groups excluding carboxylic acids is 1. The highest BCUT2D eigenvalue weighted by atomic mass is 32.2. The maximum Gasteiger partial charge on any atom is 0.410 e. The lowest BCUT2D eigenvalue weighted by Crippen LogP contribution is -2.45. The second-order valence-electron chi connectivity index (χ2n) is 6.56. The number of para-hydroxylation sites is 1.